The van der Waals surface area contributed by atoms with Gasteiger partial charge in [0.15, 0.2) is 6.29 Å². The Morgan fingerprint density at radius 2 is 1.08 bits per heavy atom. The highest BCUT2D eigenvalue weighted by molar-refractivity contribution is 7.80. The van der Waals surface area contributed by atoms with Crippen molar-refractivity contribution in [2.24, 2.45) is 0 Å². The number of ether oxygens (including phenoxy) is 2. The van der Waals surface area contributed by atoms with E-state index >= 15 is 0 Å². The van der Waals surface area contributed by atoms with Gasteiger partial charge in [0.05, 0.1) is 25.4 Å². The smallest absolute Gasteiger partial charge is 0.394 e. The van der Waals surface area contributed by atoms with Gasteiger partial charge in [-0.05, 0) is 32.1 Å². The monoisotopic (exact) mass is 906 g/mol. The van der Waals surface area contributed by atoms with Crippen molar-refractivity contribution in [3.8, 4) is 0 Å². The van der Waals surface area contributed by atoms with Crippen LogP contribution in [0.1, 0.15) is 213 Å². The van der Waals surface area contributed by atoms with E-state index in [0.29, 0.717) is 12.8 Å². The summed E-state index contributed by atoms with van der Waals surface area (Å²) < 4.78 is 47.5. The summed E-state index contributed by atoms with van der Waals surface area (Å²) in [7, 11) is -5.12. The summed E-state index contributed by atoms with van der Waals surface area (Å²) in [4.78, 5) is 13.1. The number of carbonyl (C=O) groups excluding carboxylic acids is 1. The van der Waals surface area contributed by atoms with Gasteiger partial charge in [0.1, 0.15) is 30.5 Å². The van der Waals surface area contributed by atoms with Crippen LogP contribution in [0.4, 0.5) is 0 Å². The summed E-state index contributed by atoms with van der Waals surface area (Å²) in [5.74, 6) is -0.709. The number of unbranched alkanes of at least 4 members (excludes halogenated alkanes) is 27. The fourth-order valence-electron chi connectivity index (χ4n) is 7.89. The Labute approximate surface area is 376 Å². The molecule has 1 fully saturated rings. The molecule has 0 aliphatic carbocycles. The van der Waals surface area contributed by atoms with Crippen molar-refractivity contribution in [1.29, 1.82) is 0 Å². The Bertz CT molecular complexity index is 1220. The Hall–Kier alpha value is -1.46. The van der Waals surface area contributed by atoms with Crippen LogP contribution in [0.3, 0.4) is 0 Å². The van der Waals surface area contributed by atoms with E-state index in [1.54, 1.807) is 6.08 Å². The number of rotatable bonds is 42. The molecule has 1 amide bonds. The summed E-state index contributed by atoms with van der Waals surface area (Å²) in [5.41, 5.74) is 0. The second-order valence-electron chi connectivity index (χ2n) is 17.5. The Morgan fingerprint density at radius 1 is 0.645 bits per heavy atom. The van der Waals surface area contributed by atoms with Crippen molar-refractivity contribution in [3.63, 3.8) is 0 Å². The molecule has 7 N–H and O–H groups in total. The standard InChI is InChI=1S/C48H91NO12S/c1-3-5-7-9-11-13-15-17-19-21-23-25-27-29-31-33-35-37-42(52)47(55)49-40(39-59-48-45(54)46(61-62(56,57)58)44(53)43(38-50)60-48)41(51)36-34-32-30-28-26-24-22-20-18-16-14-12-10-8-6-4-2/h26,28,34,36,40-46,48,50-54H,3-25,27,29-33,35,37-39H2,1-2H3,(H,49,55)(H,56,57,58)/b28-26+,36-34+. The SMILES string of the molecule is CCCCCCCCCCCC/C=C/CC/C=C/C(O)C(COC1OC(CO)C(O)C(OS(=O)(=O)O)C1O)NC(=O)C(O)CCCCCCCCCCCCCCCCCCC. The van der Waals surface area contributed by atoms with E-state index in [4.69, 9.17) is 9.47 Å². The van der Waals surface area contributed by atoms with E-state index in [1.165, 1.54) is 147 Å². The van der Waals surface area contributed by atoms with Crippen molar-refractivity contribution in [1.82, 2.24) is 5.32 Å². The lowest BCUT2D eigenvalue weighted by atomic mass is 9.99. The number of nitrogens with one attached hydrogen (secondary N) is 1. The summed E-state index contributed by atoms with van der Waals surface area (Å²) in [5, 5.41) is 55.3. The lowest BCUT2D eigenvalue weighted by Crippen LogP contribution is -2.61. The zero-order chi connectivity index (χ0) is 45.7. The number of aliphatic hydroxyl groups excluding tert-OH is 5. The van der Waals surface area contributed by atoms with E-state index in [9.17, 15) is 43.3 Å². The highest BCUT2D eigenvalue weighted by Gasteiger charge is 2.48. The quantitative estimate of drug-likeness (QED) is 0.0174. The van der Waals surface area contributed by atoms with Crippen molar-refractivity contribution in [2.75, 3.05) is 13.2 Å². The van der Waals surface area contributed by atoms with Gasteiger partial charge in [-0.15, -0.1) is 0 Å². The summed E-state index contributed by atoms with van der Waals surface area (Å²) in [6.45, 7) is 3.21. The second-order valence-corrected chi connectivity index (χ2v) is 18.6. The molecule has 0 aromatic rings. The third kappa shape index (κ3) is 30.6. The highest BCUT2D eigenvalue weighted by atomic mass is 32.3. The first-order valence-corrected chi connectivity index (χ1v) is 26.2. The number of hydrogen-bond acceptors (Lipinski definition) is 11. The van der Waals surface area contributed by atoms with Crippen LogP contribution in [0.25, 0.3) is 0 Å². The molecular weight excluding hydrogens is 815 g/mol. The van der Waals surface area contributed by atoms with Crippen LogP contribution in [-0.4, -0.2) is 107 Å². The highest BCUT2D eigenvalue weighted by Crippen LogP contribution is 2.26. The summed E-state index contributed by atoms with van der Waals surface area (Å²) in [6.07, 6.45) is 32.6. The van der Waals surface area contributed by atoms with E-state index in [1.807, 2.05) is 0 Å². The minimum Gasteiger partial charge on any atom is -0.394 e. The van der Waals surface area contributed by atoms with Gasteiger partial charge in [0.25, 0.3) is 0 Å². The van der Waals surface area contributed by atoms with Gasteiger partial charge in [0, 0.05) is 0 Å². The lowest BCUT2D eigenvalue weighted by Gasteiger charge is -2.41. The average molecular weight is 906 g/mol. The lowest BCUT2D eigenvalue weighted by molar-refractivity contribution is -0.298. The molecule has 0 radical (unpaired) electrons. The molecule has 366 valence electrons. The van der Waals surface area contributed by atoms with Gasteiger partial charge in [-0.3, -0.25) is 9.35 Å². The Kier molecular flexibility index (Phi) is 36.6. The predicted molar refractivity (Wildman–Crippen MR) is 247 cm³/mol. The maximum atomic E-state index is 13.1. The molecule has 0 bridgehead atoms. The number of allylic oxidation sites excluding steroid dienone is 3. The second kappa shape index (κ2) is 38.8. The van der Waals surface area contributed by atoms with E-state index in [-0.39, 0.29) is 6.42 Å². The zero-order valence-corrected chi connectivity index (χ0v) is 39.6. The van der Waals surface area contributed by atoms with Crippen LogP contribution in [-0.2, 0) is 28.9 Å². The molecule has 1 heterocycles. The Balaban J connectivity index is 2.56. The van der Waals surface area contributed by atoms with E-state index < -0.39 is 78.5 Å². The van der Waals surface area contributed by atoms with E-state index in [0.717, 1.165) is 38.5 Å². The first-order valence-electron chi connectivity index (χ1n) is 24.8. The average Bonchev–Trinajstić information content (AvgIpc) is 3.24. The zero-order valence-electron chi connectivity index (χ0n) is 38.8. The first kappa shape index (κ1) is 58.6. The maximum absolute atomic E-state index is 13.1. The molecule has 8 unspecified atom stereocenters. The minimum atomic E-state index is -5.12. The van der Waals surface area contributed by atoms with Gasteiger partial charge < -0.3 is 40.3 Å². The third-order valence-corrected chi connectivity index (χ3v) is 12.3. The van der Waals surface area contributed by atoms with Gasteiger partial charge in [-0.2, -0.15) is 8.42 Å². The topological polar surface area (TPSA) is 212 Å². The third-order valence-electron chi connectivity index (χ3n) is 11.8. The molecule has 1 aliphatic heterocycles. The van der Waals surface area contributed by atoms with Crippen LogP contribution >= 0.6 is 0 Å². The molecule has 1 aliphatic rings. The van der Waals surface area contributed by atoms with Crippen molar-refractivity contribution in [2.45, 2.75) is 262 Å². The van der Waals surface area contributed by atoms with Crippen LogP contribution in [0, 0.1) is 0 Å². The number of hydrogen-bond donors (Lipinski definition) is 7. The molecule has 14 heteroatoms. The molecule has 8 atom stereocenters. The van der Waals surface area contributed by atoms with Crippen molar-refractivity contribution in [3.05, 3.63) is 24.3 Å². The minimum absolute atomic E-state index is 0.241. The van der Waals surface area contributed by atoms with Crippen LogP contribution in [0.2, 0.25) is 0 Å². The van der Waals surface area contributed by atoms with Crippen molar-refractivity contribution >= 4 is 16.3 Å². The first-order chi connectivity index (χ1) is 29.9. The molecule has 0 saturated carbocycles. The predicted octanol–water partition coefficient (Wildman–Crippen LogP) is 9.08. The van der Waals surface area contributed by atoms with Crippen LogP contribution < -0.4 is 5.32 Å². The normalized spacial score (nSPS) is 21.2. The molecule has 1 rings (SSSR count). The largest absolute Gasteiger partial charge is 0.397 e. The molecule has 0 spiro atoms. The number of carbonyl (C=O) groups is 1. The van der Waals surface area contributed by atoms with Crippen LogP contribution in [0.5, 0.6) is 0 Å². The summed E-state index contributed by atoms with van der Waals surface area (Å²) in [6, 6.07) is -1.13. The molecule has 13 nitrogen and oxygen atoms in total. The fourth-order valence-corrected chi connectivity index (χ4v) is 8.40. The maximum Gasteiger partial charge on any atom is 0.397 e. The molecule has 0 aromatic heterocycles. The number of aliphatic hydroxyl groups is 5. The van der Waals surface area contributed by atoms with Crippen molar-refractivity contribution < 1.29 is 57.0 Å². The fraction of sp³-hybridized carbons (Fsp3) is 0.896. The van der Waals surface area contributed by atoms with Gasteiger partial charge in [-0.25, -0.2) is 4.18 Å². The van der Waals surface area contributed by atoms with Gasteiger partial charge >= 0.3 is 10.4 Å². The van der Waals surface area contributed by atoms with Gasteiger partial charge in [0.2, 0.25) is 5.91 Å². The van der Waals surface area contributed by atoms with E-state index in [2.05, 4.69) is 35.5 Å². The Morgan fingerprint density at radius 3 is 1.55 bits per heavy atom. The summed E-state index contributed by atoms with van der Waals surface area (Å²) >= 11 is 0. The van der Waals surface area contributed by atoms with Gasteiger partial charge in [-0.1, -0.05) is 205 Å². The molecule has 1 saturated heterocycles. The molecule has 0 aromatic carbocycles. The van der Waals surface area contributed by atoms with Crippen LogP contribution in [0.15, 0.2) is 24.3 Å². The molecular formula is C48H91NO12S. The molecule has 62 heavy (non-hydrogen) atoms. The number of amides is 1.